The monoisotopic (exact) mass is 797 g/mol. The van der Waals surface area contributed by atoms with Crippen LogP contribution in [-0.4, -0.2) is 72.0 Å². The van der Waals surface area contributed by atoms with E-state index in [1.807, 2.05) is 48.2 Å². The van der Waals surface area contributed by atoms with Crippen molar-refractivity contribution in [2.24, 2.45) is 22.9 Å². The molecule has 2 N–H and O–H groups in total. The van der Waals surface area contributed by atoms with Gasteiger partial charge in [-0.25, -0.2) is 0 Å². The molecule has 0 saturated heterocycles. The molecule has 0 aromatic heterocycles. The molecule has 4 aromatic rings. The second kappa shape index (κ2) is 19.1. The quantitative estimate of drug-likeness (QED) is 0.0578. The minimum atomic E-state index is -1.37. The fourth-order valence-electron chi connectivity index (χ4n) is 9.68. The highest BCUT2D eigenvalue weighted by Gasteiger charge is 2.65. The van der Waals surface area contributed by atoms with Gasteiger partial charge in [-0.3, -0.25) is 4.79 Å². The zero-order valence-corrected chi connectivity index (χ0v) is 34.1. The summed E-state index contributed by atoms with van der Waals surface area (Å²) in [5, 5.41) is 36.2. The molecule has 1 amide bonds. The number of fused-ring (bicyclic) bond motifs is 3. The van der Waals surface area contributed by atoms with Gasteiger partial charge in [0.2, 0.25) is 5.79 Å². The maximum Gasteiger partial charge on any atom is 0.254 e. The molecule has 0 spiro atoms. The Morgan fingerprint density at radius 3 is 2.42 bits per heavy atom. The smallest absolute Gasteiger partial charge is 0.254 e. The maximum absolute atomic E-state index is 14.8. The molecule has 0 radical (unpaired) electrons. The first kappa shape index (κ1) is 41.7. The number of nitriles is 1. The fourth-order valence-corrected chi connectivity index (χ4v) is 9.68. The van der Waals surface area contributed by atoms with Crippen molar-refractivity contribution in [2.45, 2.75) is 76.0 Å². The van der Waals surface area contributed by atoms with E-state index in [-0.39, 0.29) is 43.5 Å². The Hall–Kier alpha value is -5.47. The molecule has 3 aliphatic rings. The summed E-state index contributed by atoms with van der Waals surface area (Å²) in [5.74, 6) is 0.0564. The average molecular weight is 798 g/mol. The number of aliphatic hydroxyl groups is 2. The van der Waals surface area contributed by atoms with E-state index in [9.17, 15) is 20.3 Å². The molecule has 4 aromatic carbocycles. The van der Waals surface area contributed by atoms with Gasteiger partial charge in [0.1, 0.15) is 30.4 Å². The molecule has 10 heteroatoms. The molecular formula is C49H55N3O7. The van der Waals surface area contributed by atoms with Crippen LogP contribution >= 0.6 is 0 Å². The van der Waals surface area contributed by atoms with Gasteiger partial charge in [-0.15, -0.1) is 6.58 Å². The van der Waals surface area contributed by atoms with Crippen molar-refractivity contribution in [3.05, 3.63) is 126 Å². The van der Waals surface area contributed by atoms with Gasteiger partial charge >= 0.3 is 0 Å². The average Bonchev–Trinajstić information content (AvgIpc) is 3.26. The number of benzene rings is 4. The van der Waals surface area contributed by atoms with E-state index in [0.717, 1.165) is 59.1 Å². The highest BCUT2D eigenvalue weighted by molar-refractivity contribution is 6.03. The fraction of sp³-hybridized carbons (Fsp3) is 0.408. The van der Waals surface area contributed by atoms with Gasteiger partial charge in [-0.1, -0.05) is 67.4 Å². The second-order valence-electron chi connectivity index (χ2n) is 15.8. The molecule has 1 heterocycles. The van der Waals surface area contributed by atoms with Crippen LogP contribution in [0.15, 0.2) is 114 Å². The highest BCUT2D eigenvalue weighted by Crippen LogP contribution is 2.62. The first-order chi connectivity index (χ1) is 28.9. The molecule has 1 aliphatic heterocycles. The summed E-state index contributed by atoms with van der Waals surface area (Å²) in [4.78, 5) is 22.2. The predicted octanol–water partition coefficient (Wildman–Crippen LogP) is 9.32. The van der Waals surface area contributed by atoms with Gasteiger partial charge in [-0.2, -0.15) is 5.26 Å². The number of amides is 1. The molecule has 6 atom stereocenters. The number of carbonyl (C=O) groups is 1. The van der Waals surface area contributed by atoms with Crippen molar-refractivity contribution in [2.75, 3.05) is 33.5 Å². The van der Waals surface area contributed by atoms with Crippen LogP contribution in [0.3, 0.4) is 0 Å². The number of hydrogen-bond donors (Lipinski definition) is 2. The Morgan fingerprint density at radius 1 is 0.983 bits per heavy atom. The van der Waals surface area contributed by atoms with Crippen molar-refractivity contribution in [3.63, 3.8) is 0 Å². The lowest BCUT2D eigenvalue weighted by Crippen LogP contribution is -2.70. The van der Waals surface area contributed by atoms with Gasteiger partial charge in [0.15, 0.2) is 0 Å². The van der Waals surface area contributed by atoms with Crippen LogP contribution in [0.4, 0.5) is 0 Å². The van der Waals surface area contributed by atoms with Crippen molar-refractivity contribution in [3.8, 4) is 23.3 Å². The molecule has 2 aliphatic carbocycles. The van der Waals surface area contributed by atoms with Gasteiger partial charge in [0, 0.05) is 43.2 Å². The number of carbonyl (C=O) groups excluding carboxylic acids is 1. The third-order valence-electron chi connectivity index (χ3n) is 12.2. The molecule has 308 valence electrons. The number of oxime groups is 1. The summed E-state index contributed by atoms with van der Waals surface area (Å²) in [6.45, 7) is 6.87. The standard InChI is InChI=1S/C49H55N3O7/c1-4-24-52(48(55)35-18-16-33(32-50)17-19-35)45-31-43(51-56-3)41-29-37(14-8-10-25-53)40(15-9-11-26-54)46-42-30-39(58-38-21-20-34-12-6-7-13-36(34)28-38)22-23-44(42)59-49(45,47(41)46)57-27-5-2/h5-7,12-13,16-23,28-30,37,40,45-47,53-54H,2,4,8-11,14-15,24-27,31H2,1,3H3/t37-,40+,45-,46+,47+,49+/m0/s1. The lowest BCUT2D eigenvalue weighted by molar-refractivity contribution is -0.254. The normalized spacial score (nSPS) is 23.6. The highest BCUT2D eigenvalue weighted by atomic mass is 16.7. The first-order valence-electron chi connectivity index (χ1n) is 21.0. The van der Waals surface area contributed by atoms with Crippen molar-refractivity contribution in [1.82, 2.24) is 4.90 Å². The largest absolute Gasteiger partial charge is 0.459 e. The maximum atomic E-state index is 14.8. The van der Waals surface area contributed by atoms with Crippen LogP contribution < -0.4 is 9.47 Å². The molecule has 59 heavy (non-hydrogen) atoms. The number of nitrogens with zero attached hydrogens (tertiary/aromatic N) is 3. The van der Waals surface area contributed by atoms with E-state index in [1.54, 1.807) is 37.5 Å². The Labute approximate surface area is 347 Å². The third kappa shape index (κ3) is 8.51. The van der Waals surface area contributed by atoms with Gasteiger partial charge in [0.25, 0.3) is 5.91 Å². The van der Waals surface area contributed by atoms with Crippen molar-refractivity contribution >= 4 is 22.4 Å². The Kier molecular flexibility index (Phi) is 13.5. The Bertz CT molecular complexity index is 2210. The molecule has 1 fully saturated rings. The predicted molar refractivity (Wildman–Crippen MR) is 228 cm³/mol. The van der Waals surface area contributed by atoms with E-state index in [1.165, 1.54) is 0 Å². The number of hydrogen-bond acceptors (Lipinski definition) is 9. The van der Waals surface area contributed by atoms with Crippen molar-refractivity contribution < 1.29 is 34.1 Å². The summed E-state index contributed by atoms with van der Waals surface area (Å²) >= 11 is 0. The number of aliphatic hydroxyl groups excluding tert-OH is 2. The summed E-state index contributed by atoms with van der Waals surface area (Å²) in [5.41, 5.74) is 3.61. The van der Waals surface area contributed by atoms with Crippen LogP contribution in [0.25, 0.3) is 10.8 Å². The number of ether oxygens (including phenoxy) is 3. The zero-order chi connectivity index (χ0) is 41.4. The first-order valence-corrected chi connectivity index (χ1v) is 21.0. The minimum Gasteiger partial charge on any atom is -0.459 e. The van der Waals surface area contributed by atoms with E-state index in [2.05, 4.69) is 48.1 Å². The van der Waals surface area contributed by atoms with Gasteiger partial charge in [-0.05, 0) is 115 Å². The lowest BCUT2D eigenvalue weighted by atomic mass is 9.55. The number of allylic oxidation sites excluding steroid dienone is 1. The number of unbranched alkanes of at least 4 members (excludes halogenated alkanes) is 2. The lowest BCUT2D eigenvalue weighted by Gasteiger charge is -2.60. The summed E-state index contributed by atoms with van der Waals surface area (Å²) in [6.07, 6.45) is 9.72. The third-order valence-corrected chi connectivity index (χ3v) is 12.2. The molecule has 10 nitrogen and oxygen atoms in total. The van der Waals surface area contributed by atoms with E-state index in [4.69, 9.17) is 19.0 Å². The van der Waals surface area contributed by atoms with Crippen LogP contribution in [0.5, 0.6) is 17.2 Å². The van der Waals surface area contributed by atoms with Crippen molar-refractivity contribution in [1.29, 1.82) is 5.26 Å². The molecule has 0 bridgehead atoms. The topological polar surface area (TPSA) is 134 Å². The van der Waals surface area contributed by atoms with E-state index < -0.39 is 17.7 Å². The van der Waals surface area contributed by atoms with Crippen LogP contribution in [0, 0.1) is 29.1 Å². The summed E-state index contributed by atoms with van der Waals surface area (Å²) in [6, 6.07) is 28.5. The van der Waals surface area contributed by atoms with Gasteiger partial charge < -0.3 is 34.2 Å². The summed E-state index contributed by atoms with van der Waals surface area (Å²) < 4.78 is 21.0. The summed E-state index contributed by atoms with van der Waals surface area (Å²) in [7, 11) is 1.55. The van der Waals surface area contributed by atoms with E-state index in [0.29, 0.717) is 54.9 Å². The van der Waals surface area contributed by atoms with E-state index >= 15 is 0 Å². The van der Waals surface area contributed by atoms with Crippen LogP contribution in [-0.2, 0) is 9.57 Å². The molecule has 7 rings (SSSR count). The molecular weight excluding hydrogens is 743 g/mol. The van der Waals surface area contributed by atoms with Crippen LogP contribution in [0.2, 0.25) is 0 Å². The Morgan fingerprint density at radius 2 is 1.71 bits per heavy atom. The molecule has 0 unspecified atom stereocenters. The second-order valence-corrected chi connectivity index (χ2v) is 15.8. The van der Waals surface area contributed by atoms with Gasteiger partial charge in [0.05, 0.1) is 29.9 Å². The zero-order valence-electron chi connectivity index (χ0n) is 34.1. The Balaban J connectivity index is 1.42. The minimum absolute atomic E-state index is 0.0793. The SMILES string of the molecule is C=CCO[C@@]12Oc3ccc(Oc4ccc5ccccc5c4)cc3[C@H]3[C@H](CCCCO)[C@@H](CCCCO)C=C(C(=NOC)C[C@@H]1N(CCC)C(=O)c1ccc(C#N)cc1)[C@H]32. The van der Waals surface area contributed by atoms with Crippen LogP contribution in [0.1, 0.15) is 85.7 Å². The molecule has 1 saturated carbocycles. The number of rotatable bonds is 18.